The van der Waals surface area contributed by atoms with Gasteiger partial charge in [0, 0.05) is 34.9 Å². The molecule has 0 saturated heterocycles. The average Bonchev–Trinajstić information content (AvgIpc) is 2.54. The van der Waals surface area contributed by atoms with Gasteiger partial charge in [0.1, 0.15) is 5.75 Å². The summed E-state index contributed by atoms with van der Waals surface area (Å²) in [7, 11) is 0. The van der Waals surface area contributed by atoms with Gasteiger partial charge in [0.25, 0.3) is 0 Å². The van der Waals surface area contributed by atoms with Crippen molar-refractivity contribution < 1.29 is 4.74 Å². The van der Waals surface area contributed by atoms with Crippen molar-refractivity contribution in [3.05, 3.63) is 66.5 Å². The Labute approximate surface area is 123 Å². The molecule has 1 heterocycles. The molecule has 0 bridgehead atoms. The number of benzene rings is 2. The van der Waals surface area contributed by atoms with E-state index in [1.165, 1.54) is 0 Å². The molecule has 0 unspecified atom stereocenters. The van der Waals surface area contributed by atoms with Crippen molar-refractivity contribution in [1.82, 2.24) is 4.98 Å². The van der Waals surface area contributed by atoms with Crippen LogP contribution in [-0.2, 0) is 0 Å². The van der Waals surface area contributed by atoms with Crippen molar-refractivity contribution in [2.24, 2.45) is 4.99 Å². The third-order valence-electron chi connectivity index (χ3n) is 3.22. The lowest BCUT2D eigenvalue weighted by Gasteiger charge is -2.06. The summed E-state index contributed by atoms with van der Waals surface area (Å²) in [6, 6.07) is 15.9. The zero-order chi connectivity index (χ0) is 14.5. The van der Waals surface area contributed by atoms with E-state index in [1.807, 2.05) is 67.9 Å². The first-order chi connectivity index (χ1) is 10.4. The van der Waals surface area contributed by atoms with Crippen LogP contribution in [0.25, 0.3) is 10.8 Å². The van der Waals surface area contributed by atoms with Gasteiger partial charge in [-0.2, -0.15) is 0 Å². The third kappa shape index (κ3) is 2.92. The fraction of sp³-hybridized carbons (Fsp3) is 0.111. The fourth-order valence-electron chi connectivity index (χ4n) is 2.23. The number of aliphatic imine (C=N–C) groups is 1. The summed E-state index contributed by atoms with van der Waals surface area (Å²) in [6.45, 7) is 2.62. The molecule has 2 aromatic carbocycles. The Morgan fingerprint density at radius 2 is 2.00 bits per heavy atom. The predicted molar refractivity (Wildman–Crippen MR) is 86.6 cm³/mol. The van der Waals surface area contributed by atoms with Gasteiger partial charge in [0.05, 0.1) is 12.3 Å². The summed E-state index contributed by atoms with van der Waals surface area (Å²) < 4.78 is 5.61. The Balaban J connectivity index is 1.99. The number of pyridine rings is 1. The van der Waals surface area contributed by atoms with Crippen molar-refractivity contribution in [2.45, 2.75) is 6.92 Å². The average molecular weight is 276 g/mol. The van der Waals surface area contributed by atoms with E-state index in [-0.39, 0.29) is 0 Å². The lowest BCUT2D eigenvalue weighted by atomic mass is 10.1. The van der Waals surface area contributed by atoms with Gasteiger partial charge in [-0.15, -0.1) is 0 Å². The second-order valence-electron chi connectivity index (χ2n) is 4.60. The van der Waals surface area contributed by atoms with Crippen molar-refractivity contribution in [3.63, 3.8) is 0 Å². The number of rotatable bonds is 4. The SMILES string of the molecule is CCOc1ccccc1C=Nc1cccc2cnccc12. The molecule has 0 aliphatic heterocycles. The Morgan fingerprint density at radius 3 is 2.90 bits per heavy atom. The zero-order valence-corrected chi connectivity index (χ0v) is 11.9. The molecule has 0 fully saturated rings. The molecule has 0 radical (unpaired) electrons. The molecule has 3 rings (SSSR count). The van der Waals surface area contributed by atoms with Gasteiger partial charge >= 0.3 is 0 Å². The molecule has 3 nitrogen and oxygen atoms in total. The predicted octanol–water partition coefficient (Wildman–Crippen LogP) is 4.38. The third-order valence-corrected chi connectivity index (χ3v) is 3.22. The highest BCUT2D eigenvalue weighted by molar-refractivity contribution is 5.95. The molecule has 104 valence electrons. The fourth-order valence-corrected chi connectivity index (χ4v) is 2.23. The summed E-state index contributed by atoms with van der Waals surface area (Å²) >= 11 is 0. The smallest absolute Gasteiger partial charge is 0.128 e. The summed E-state index contributed by atoms with van der Waals surface area (Å²) in [4.78, 5) is 8.75. The van der Waals surface area contributed by atoms with Gasteiger partial charge in [-0.1, -0.05) is 24.3 Å². The van der Waals surface area contributed by atoms with Crippen LogP contribution in [-0.4, -0.2) is 17.8 Å². The normalized spacial score (nSPS) is 11.1. The van der Waals surface area contributed by atoms with Crippen molar-refractivity contribution in [2.75, 3.05) is 6.61 Å². The van der Waals surface area contributed by atoms with Gasteiger partial charge in [-0.05, 0) is 31.2 Å². The topological polar surface area (TPSA) is 34.5 Å². The molecule has 0 saturated carbocycles. The minimum Gasteiger partial charge on any atom is -0.493 e. The Morgan fingerprint density at radius 1 is 1.10 bits per heavy atom. The lowest BCUT2D eigenvalue weighted by Crippen LogP contribution is -1.95. The standard InChI is InChI=1S/C18H16N2O/c1-2-21-18-9-4-3-6-15(18)13-20-17-8-5-7-14-12-19-11-10-16(14)17/h3-13H,2H2,1H3. The molecule has 3 heteroatoms. The molecule has 0 atom stereocenters. The number of ether oxygens (including phenoxy) is 1. The minimum absolute atomic E-state index is 0.644. The van der Waals surface area contributed by atoms with Crippen LogP contribution in [0, 0.1) is 0 Å². The highest BCUT2D eigenvalue weighted by Gasteiger charge is 2.01. The van der Waals surface area contributed by atoms with Gasteiger partial charge in [-0.3, -0.25) is 9.98 Å². The molecule has 1 aromatic heterocycles. The number of fused-ring (bicyclic) bond motifs is 1. The Kier molecular flexibility index (Phi) is 3.92. The zero-order valence-electron chi connectivity index (χ0n) is 11.9. The Hall–Kier alpha value is -2.68. The summed E-state index contributed by atoms with van der Waals surface area (Å²) in [6.07, 6.45) is 5.48. The van der Waals surface area contributed by atoms with Crippen LogP contribution >= 0.6 is 0 Å². The first-order valence-electron chi connectivity index (χ1n) is 6.97. The largest absolute Gasteiger partial charge is 0.493 e. The summed E-state index contributed by atoms with van der Waals surface area (Å²) in [5, 5.41) is 2.18. The second kappa shape index (κ2) is 6.18. The second-order valence-corrected chi connectivity index (χ2v) is 4.60. The number of aromatic nitrogens is 1. The molecular weight excluding hydrogens is 260 g/mol. The molecule has 0 aliphatic rings. The van der Waals surface area contributed by atoms with Crippen LogP contribution in [0.1, 0.15) is 12.5 Å². The number of hydrogen-bond donors (Lipinski definition) is 0. The van der Waals surface area contributed by atoms with Crippen LogP contribution in [0.5, 0.6) is 5.75 Å². The van der Waals surface area contributed by atoms with Crippen LogP contribution in [0.15, 0.2) is 65.9 Å². The first kappa shape index (κ1) is 13.3. The van der Waals surface area contributed by atoms with Crippen LogP contribution in [0.3, 0.4) is 0 Å². The van der Waals surface area contributed by atoms with E-state index in [4.69, 9.17) is 4.74 Å². The van der Waals surface area contributed by atoms with Crippen LogP contribution < -0.4 is 4.74 Å². The van der Waals surface area contributed by atoms with E-state index in [0.717, 1.165) is 27.8 Å². The monoisotopic (exact) mass is 276 g/mol. The Bertz CT molecular complexity index is 776. The molecule has 0 amide bonds. The van der Waals surface area contributed by atoms with Crippen molar-refractivity contribution in [3.8, 4) is 5.75 Å². The van der Waals surface area contributed by atoms with E-state index >= 15 is 0 Å². The van der Waals surface area contributed by atoms with Gasteiger partial charge in [0.2, 0.25) is 0 Å². The van der Waals surface area contributed by atoms with E-state index < -0.39 is 0 Å². The van der Waals surface area contributed by atoms with Crippen LogP contribution in [0.2, 0.25) is 0 Å². The molecule has 21 heavy (non-hydrogen) atoms. The molecule has 3 aromatic rings. The van der Waals surface area contributed by atoms with Gasteiger partial charge in [-0.25, -0.2) is 0 Å². The van der Waals surface area contributed by atoms with E-state index in [1.54, 1.807) is 6.20 Å². The van der Waals surface area contributed by atoms with E-state index in [0.29, 0.717) is 6.61 Å². The maximum absolute atomic E-state index is 5.61. The highest BCUT2D eigenvalue weighted by Crippen LogP contribution is 2.25. The maximum atomic E-state index is 5.61. The molecule has 0 spiro atoms. The molecule has 0 N–H and O–H groups in total. The van der Waals surface area contributed by atoms with Gasteiger partial charge in [0.15, 0.2) is 0 Å². The number of hydrogen-bond acceptors (Lipinski definition) is 3. The van der Waals surface area contributed by atoms with E-state index in [2.05, 4.69) is 9.98 Å². The lowest BCUT2D eigenvalue weighted by molar-refractivity contribution is 0.340. The van der Waals surface area contributed by atoms with Crippen molar-refractivity contribution >= 4 is 22.7 Å². The van der Waals surface area contributed by atoms with Crippen molar-refractivity contribution in [1.29, 1.82) is 0 Å². The summed E-state index contributed by atoms with van der Waals surface area (Å²) in [5.74, 6) is 0.852. The number of para-hydroxylation sites is 1. The van der Waals surface area contributed by atoms with Gasteiger partial charge < -0.3 is 4.74 Å². The number of nitrogens with zero attached hydrogens (tertiary/aromatic N) is 2. The molecular formula is C18H16N2O. The highest BCUT2D eigenvalue weighted by atomic mass is 16.5. The van der Waals surface area contributed by atoms with E-state index in [9.17, 15) is 0 Å². The quantitative estimate of drug-likeness (QED) is 0.662. The minimum atomic E-state index is 0.644. The summed E-state index contributed by atoms with van der Waals surface area (Å²) in [5.41, 5.74) is 1.91. The van der Waals surface area contributed by atoms with Crippen LogP contribution in [0.4, 0.5) is 5.69 Å². The maximum Gasteiger partial charge on any atom is 0.128 e. The first-order valence-corrected chi connectivity index (χ1v) is 6.97. The molecule has 0 aliphatic carbocycles.